The first-order chi connectivity index (χ1) is 7.24. The van der Waals surface area contributed by atoms with E-state index in [1.54, 1.807) is 7.11 Å². The lowest BCUT2D eigenvalue weighted by Crippen LogP contribution is -2.42. The van der Waals surface area contributed by atoms with E-state index in [4.69, 9.17) is 4.74 Å². The number of methoxy groups -OCH3 is 1. The molecule has 15 heavy (non-hydrogen) atoms. The maximum atomic E-state index is 5.08. The number of nitrogens with zero attached hydrogens (tertiary/aromatic N) is 1. The van der Waals surface area contributed by atoms with Gasteiger partial charge >= 0.3 is 0 Å². The van der Waals surface area contributed by atoms with Gasteiger partial charge in [0.05, 0.1) is 6.61 Å². The van der Waals surface area contributed by atoms with Crippen LogP contribution in [0.5, 0.6) is 0 Å². The van der Waals surface area contributed by atoms with Crippen molar-refractivity contribution in [3.63, 3.8) is 0 Å². The zero-order chi connectivity index (χ0) is 11.1. The average molecular weight is 214 g/mol. The first kappa shape index (κ1) is 12.9. The standard InChI is InChI=1S/C12H26N2O/c1-11(14(2)8-9-15-3)10-13-12-6-4-5-7-12/h11-13H,4-10H2,1-3H3. The van der Waals surface area contributed by atoms with Crippen LogP contribution in [0.1, 0.15) is 32.6 Å². The summed E-state index contributed by atoms with van der Waals surface area (Å²) in [5, 5.41) is 3.66. The van der Waals surface area contributed by atoms with Crippen molar-refractivity contribution >= 4 is 0 Å². The largest absolute Gasteiger partial charge is 0.383 e. The van der Waals surface area contributed by atoms with E-state index >= 15 is 0 Å². The molecule has 1 fully saturated rings. The van der Waals surface area contributed by atoms with Gasteiger partial charge in [0.2, 0.25) is 0 Å². The van der Waals surface area contributed by atoms with Crippen LogP contribution in [0.3, 0.4) is 0 Å². The van der Waals surface area contributed by atoms with Gasteiger partial charge in [-0.15, -0.1) is 0 Å². The molecule has 0 spiro atoms. The van der Waals surface area contributed by atoms with Crippen molar-refractivity contribution in [3.8, 4) is 0 Å². The fraction of sp³-hybridized carbons (Fsp3) is 1.00. The van der Waals surface area contributed by atoms with Crippen molar-refractivity contribution in [3.05, 3.63) is 0 Å². The highest BCUT2D eigenvalue weighted by molar-refractivity contribution is 4.76. The van der Waals surface area contributed by atoms with Gasteiger partial charge in [-0.05, 0) is 26.8 Å². The molecule has 1 aliphatic carbocycles. The number of hydrogen-bond acceptors (Lipinski definition) is 3. The van der Waals surface area contributed by atoms with Gasteiger partial charge in [0.1, 0.15) is 0 Å². The minimum Gasteiger partial charge on any atom is -0.383 e. The van der Waals surface area contributed by atoms with Gasteiger partial charge in [-0.25, -0.2) is 0 Å². The van der Waals surface area contributed by atoms with Crippen LogP contribution in [0.2, 0.25) is 0 Å². The van der Waals surface area contributed by atoms with E-state index < -0.39 is 0 Å². The minimum atomic E-state index is 0.598. The zero-order valence-electron chi connectivity index (χ0n) is 10.5. The molecule has 3 nitrogen and oxygen atoms in total. The number of hydrogen-bond donors (Lipinski definition) is 1. The second kappa shape index (κ2) is 7.20. The molecule has 0 aliphatic heterocycles. The number of nitrogens with one attached hydrogen (secondary N) is 1. The molecule has 0 aromatic heterocycles. The molecule has 1 unspecified atom stereocenters. The molecular formula is C12H26N2O. The van der Waals surface area contributed by atoms with Gasteiger partial charge in [0.25, 0.3) is 0 Å². The maximum absolute atomic E-state index is 5.08. The van der Waals surface area contributed by atoms with E-state index in [1.165, 1.54) is 25.7 Å². The first-order valence-electron chi connectivity index (χ1n) is 6.16. The van der Waals surface area contributed by atoms with Crippen molar-refractivity contribution in [2.24, 2.45) is 0 Å². The lowest BCUT2D eigenvalue weighted by molar-refractivity contribution is 0.141. The molecule has 0 radical (unpaired) electrons. The molecule has 0 amide bonds. The monoisotopic (exact) mass is 214 g/mol. The molecule has 0 saturated heterocycles. The molecule has 1 rings (SSSR count). The summed E-state index contributed by atoms with van der Waals surface area (Å²) in [6.45, 7) is 5.22. The van der Waals surface area contributed by atoms with Gasteiger partial charge in [-0.2, -0.15) is 0 Å². The predicted molar refractivity (Wildman–Crippen MR) is 64.2 cm³/mol. The molecule has 1 N–H and O–H groups in total. The van der Waals surface area contributed by atoms with Crippen molar-refractivity contribution in [2.45, 2.75) is 44.7 Å². The Morgan fingerprint density at radius 2 is 2.07 bits per heavy atom. The summed E-state index contributed by atoms with van der Waals surface area (Å²) in [5.41, 5.74) is 0. The van der Waals surface area contributed by atoms with Gasteiger partial charge in [-0.1, -0.05) is 12.8 Å². The molecule has 0 aromatic rings. The van der Waals surface area contributed by atoms with E-state index in [-0.39, 0.29) is 0 Å². The molecule has 0 heterocycles. The van der Waals surface area contributed by atoms with Crippen molar-refractivity contribution < 1.29 is 4.74 Å². The Morgan fingerprint density at radius 1 is 1.40 bits per heavy atom. The Morgan fingerprint density at radius 3 is 2.67 bits per heavy atom. The summed E-state index contributed by atoms with van der Waals surface area (Å²) < 4.78 is 5.08. The highest BCUT2D eigenvalue weighted by Crippen LogP contribution is 2.17. The first-order valence-corrected chi connectivity index (χ1v) is 6.16. The molecule has 90 valence electrons. The van der Waals surface area contributed by atoms with Gasteiger partial charge in [0, 0.05) is 32.3 Å². The Hall–Kier alpha value is -0.120. The van der Waals surface area contributed by atoms with Crippen LogP contribution in [0.4, 0.5) is 0 Å². The second-order valence-corrected chi connectivity index (χ2v) is 4.71. The maximum Gasteiger partial charge on any atom is 0.0589 e. The lowest BCUT2D eigenvalue weighted by Gasteiger charge is -2.26. The van der Waals surface area contributed by atoms with E-state index in [1.807, 2.05) is 0 Å². The number of rotatable bonds is 7. The summed E-state index contributed by atoms with van der Waals surface area (Å²) in [6.07, 6.45) is 5.56. The van der Waals surface area contributed by atoms with E-state index in [0.717, 1.165) is 25.7 Å². The Bertz CT molecular complexity index is 158. The summed E-state index contributed by atoms with van der Waals surface area (Å²) in [5.74, 6) is 0. The van der Waals surface area contributed by atoms with E-state index in [2.05, 4.69) is 24.2 Å². The fourth-order valence-electron chi connectivity index (χ4n) is 2.08. The van der Waals surface area contributed by atoms with Crippen LogP contribution >= 0.6 is 0 Å². The predicted octanol–water partition coefficient (Wildman–Crippen LogP) is 1.49. The smallest absolute Gasteiger partial charge is 0.0589 e. The fourth-order valence-corrected chi connectivity index (χ4v) is 2.08. The third kappa shape index (κ3) is 4.96. The summed E-state index contributed by atoms with van der Waals surface area (Å²) >= 11 is 0. The zero-order valence-corrected chi connectivity index (χ0v) is 10.5. The molecule has 0 bridgehead atoms. The van der Waals surface area contributed by atoms with Crippen molar-refractivity contribution in [1.82, 2.24) is 10.2 Å². The number of ether oxygens (including phenoxy) is 1. The van der Waals surface area contributed by atoms with E-state index in [0.29, 0.717) is 6.04 Å². The summed E-state index contributed by atoms with van der Waals surface area (Å²) in [4.78, 5) is 2.35. The highest BCUT2D eigenvalue weighted by atomic mass is 16.5. The Labute approximate surface area is 94.2 Å². The molecule has 3 heteroatoms. The van der Waals surface area contributed by atoms with Gasteiger partial charge in [-0.3, -0.25) is 0 Å². The average Bonchev–Trinajstić information content (AvgIpc) is 2.75. The summed E-state index contributed by atoms with van der Waals surface area (Å²) in [7, 11) is 3.93. The minimum absolute atomic E-state index is 0.598. The van der Waals surface area contributed by atoms with Crippen LogP contribution in [0.15, 0.2) is 0 Å². The lowest BCUT2D eigenvalue weighted by atomic mass is 10.2. The third-order valence-corrected chi connectivity index (χ3v) is 3.46. The van der Waals surface area contributed by atoms with Crippen LogP contribution in [0, 0.1) is 0 Å². The van der Waals surface area contributed by atoms with Crippen LogP contribution in [-0.4, -0.2) is 50.8 Å². The molecule has 1 aliphatic rings. The molecule has 1 atom stereocenters. The van der Waals surface area contributed by atoms with Crippen LogP contribution < -0.4 is 5.32 Å². The summed E-state index contributed by atoms with van der Waals surface area (Å²) in [6, 6.07) is 1.38. The topological polar surface area (TPSA) is 24.5 Å². The van der Waals surface area contributed by atoms with E-state index in [9.17, 15) is 0 Å². The quantitative estimate of drug-likeness (QED) is 0.695. The third-order valence-electron chi connectivity index (χ3n) is 3.46. The van der Waals surface area contributed by atoms with Crippen molar-refractivity contribution in [2.75, 3.05) is 33.9 Å². The SMILES string of the molecule is COCCN(C)C(C)CNC1CCCC1. The Balaban J connectivity index is 2.08. The molecular weight excluding hydrogens is 188 g/mol. The Kier molecular flexibility index (Phi) is 6.22. The van der Waals surface area contributed by atoms with Gasteiger partial charge in [0.15, 0.2) is 0 Å². The second-order valence-electron chi connectivity index (χ2n) is 4.71. The van der Waals surface area contributed by atoms with Gasteiger partial charge < -0.3 is 15.0 Å². The van der Waals surface area contributed by atoms with Crippen molar-refractivity contribution in [1.29, 1.82) is 0 Å². The number of likely N-dealkylation sites (N-methyl/N-ethyl adjacent to an activating group) is 1. The normalized spacial score (nSPS) is 20.0. The highest BCUT2D eigenvalue weighted by Gasteiger charge is 2.16. The molecule has 1 saturated carbocycles. The molecule has 0 aromatic carbocycles. The van der Waals surface area contributed by atoms with Crippen LogP contribution in [0.25, 0.3) is 0 Å². The van der Waals surface area contributed by atoms with Crippen LogP contribution in [-0.2, 0) is 4.74 Å².